The van der Waals surface area contributed by atoms with Crippen molar-refractivity contribution in [3.63, 3.8) is 0 Å². The topological polar surface area (TPSA) is 32.8 Å². The molecule has 26 heavy (non-hydrogen) atoms. The number of nitrogens with zero attached hydrogens (tertiary/aromatic N) is 2. The zero-order valence-electron chi connectivity index (χ0n) is 15.9. The highest BCUT2D eigenvalue weighted by Crippen LogP contribution is 2.40. The smallest absolute Gasteiger partial charge is 0.222 e. The number of ether oxygens (including phenoxy) is 1. The van der Waals surface area contributed by atoms with E-state index in [1.165, 1.54) is 31.5 Å². The number of rotatable bonds is 5. The molecule has 1 aromatic rings. The van der Waals surface area contributed by atoms with Gasteiger partial charge >= 0.3 is 0 Å². The number of likely N-dealkylation sites (tertiary alicyclic amines) is 2. The monoisotopic (exact) mass is 356 g/mol. The fourth-order valence-corrected chi connectivity index (χ4v) is 4.89. The zero-order chi connectivity index (χ0) is 17.8. The first-order valence-corrected chi connectivity index (χ1v) is 10.4. The van der Waals surface area contributed by atoms with Crippen molar-refractivity contribution in [1.29, 1.82) is 0 Å². The Morgan fingerprint density at radius 3 is 2.65 bits per heavy atom. The molecule has 1 spiro atoms. The Hall–Kier alpha value is -1.39. The van der Waals surface area contributed by atoms with Crippen LogP contribution in [0.15, 0.2) is 30.3 Å². The molecule has 142 valence electrons. The summed E-state index contributed by atoms with van der Waals surface area (Å²) < 4.78 is 5.77. The summed E-state index contributed by atoms with van der Waals surface area (Å²) in [4.78, 5) is 17.1. The summed E-state index contributed by atoms with van der Waals surface area (Å²) in [6.45, 7) is 6.15. The highest BCUT2D eigenvalue weighted by molar-refractivity contribution is 5.77. The lowest BCUT2D eigenvalue weighted by atomic mass is 9.72. The lowest BCUT2D eigenvalue weighted by molar-refractivity contribution is -0.141. The summed E-state index contributed by atoms with van der Waals surface area (Å²) in [5.41, 5.74) is 1.79. The van der Waals surface area contributed by atoms with E-state index in [2.05, 4.69) is 40.1 Å². The minimum Gasteiger partial charge on any atom is -0.376 e. The number of hydrogen-bond acceptors (Lipinski definition) is 3. The normalized spacial score (nSPS) is 26.5. The predicted molar refractivity (Wildman–Crippen MR) is 103 cm³/mol. The van der Waals surface area contributed by atoms with Crippen LogP contribution in [0.1, 0.15) is 44.1 Å². The maximum absolute atomic E-state index is 12.4. The van der Waals surface area contributed by atoms with Gasteiger partial charge in [0.15, 0.2) is 0 Å². The van der Waals surface area contributed by atoms with Crippen molar-refractivity contribution in [3.05, 3.63) is 35.9 Å². The lowest BCUT2D eigenvalue weighted by Gasteiger charge is -2.48. The molecule has 4 rings (SSSR count). The summed E-state index contributed by atoms with van der Waals surface area (Å²) in [6, 6.07) is 10.8. The molecule has 0 radical (unpaired) electrons. The zero-order valence-corrected chi connectivity index (χ0v) is 15.9. The molecule has 1 aromatic carbocycles. The van der Waals surface area contributed by atoms with E-state index in [0.717, 1.165) is 58.3 Å². The number of piperidine rings is 2. The Kier molecular flexibility index (Phi) is 5.60. The quantitative estimate of drug-likeness (QED) is 0.813. The Bertz CT molecular complexity index is 589. The molecule has 3 heterocycles. The van der Waals surface area contributed by atoms with Crippen LogP contribution >= 0.6 is 0 Å². The van der Waals surface area contributed by atoms with Gasteiger partial charge in [0.1, 0.15) is 0 Å². The summed E-state index contributed by atoms with van der Waals surface area (Å²) >= 11 is 0. The third kappa shape index (κ3) is 4.29. The first kappa shape index (κ1) is 18.0. The third-order valence-corrected chi connectivity index (χ3v) is 6.67. The van der Waals surface area contributed by atoms with Gasteiger partial charge in [0.05, 0.1) is 6.10 Å². The van der Waals surface area contributed by atoms with Crippen LogP contribution in [0.3, 0.4) is 0 Å². The van der Waals surface area contributed by atoms with Gasteiger partial charge in [-0.25, -0.2) is 0 Å². The molecule has 0 aliphatic carbocycles. The minimum absolute atomic E-state index is 0.278. The molecule has 3 fully saturated rings. The number of amides is 1. The van der Waals surface area contributed by atoms with Gasteiger partial charge in [0.25, 0.3) is 0 Å². The maximum Gasteiger partial charge on any atom is 0.222 e. The highest BCUT2D eigenvalue weighted by atomic mass is 16.5. The van der Waals surface area contributed by atoms with Crippen molar-refractivity contribution in [2.75, 3.05) is 39.3 Å². The molecular weight excluding hydrogens is 324 g/mol. The van der Waals surface area contributed by atoms with Crippen LogP contribution in [0.4, 0.5) is 0 Å². The molecule has 3 aliphatic rings. The molecular formula is C22H32N2O2. The Balaban J connectivity index is 1.27. The molecule has 4 heteroatoms. The first-order chi connectivity index (χ1) is 12.7. The van der Waals surface area contributed by atoms with Gasteiger partial charge < -0.3 is 14.5 Å². The maximum atomic E-state index is 12.4. The number of carbonyl (C=O) groups is 1. The third-order valence-electron chi connectivity index (χ3n) is 6.67. The molecule has 1 amide bonds. The van der Waals surface area contributed by atoms with Crippen LogP contribution < -0.4 is 0 Å². The van der Waals surface area contributed by atoms with Crippen molar-refractivity contribution in [2.45, 2.75) is 51.0 Å². The summed E-state index contributed by atoms with van der Waals surface area (Å²) in [7, 11) is 0. The van der Waals surface area contributed by atoms with E-state index in [9.17, 15) is 4.79 Å². The van der Waals surface area contributed by atoms with Gasteiger partial charge in [-0.15, -0.1) is 0 Å². The first-order valence-electron chi connectivity index (χ1n) is 10.4. The average Bonchev–Trinajstić information content (AvgIpc) is 3.19. The lowest BCUT2D eigenvalue weighted by Crippen LogP contribution is -2.53. The largest absolute Gasteiger partial charge is 0.376 e. The van der Waals surface area contributed by atoms with Gasteiger partial charge in [0, 0.05) is 32.7 Å². The number of hydrogen-bond donors (Lipinski definition) is 0. The Morgan fingerprint density at radius 1 is 1.12 bits per heavy atom. The Labute approximate surface area is 157 Å². The Morgan fingerprint density at radius 2 is 1.92 bits per heavy atom. The minimum atomic E-state index is 0.278. The SMILES string of the molecule is O=C1CCC2(CCN(CCc3ccccc3)CC2)CN1C[C@H]1CCCO1. The van der Waals surface area contributed by atoms with Crippen molar-refractivity contribution in [2.24, 2.45) is 5.41 Å². The molecule has 0 N–H and O–H groups in total. The van der Waals surface area contributed by atoms with Gasteiger partial charge in [-0.3, -0.25) is 4.79 Å². The molecule has 0 aromatic heterocycles. The van der Waals surface area contributed by atoms with E-state index in [-0.39, 0.29) is 6.10 Å². The van der Waals surface area contributed by atoms with E-state index in [1.54, 1.807) is 0 Å². The standard InChI is InChI=1S/C22H32N2O2/c25-21-8-10-22(18-24(21)17-20-7-4-16-26-20)11-14-23(15-12-22)13-9-19-5-2-1-3-6-19/h1-3,5-6,20H,4,7-18H2/t20-/m1/s1. The molecule has 0 bridgehead atoms. The summed E-state index contributed by atoms with van der Waals surface area (Å²) in [5, 5.41) is 0. The van der Waals surface area contributed by atoms with Crippen molar-refractivity contribution in [3.8, 4) is 0 Å². The van der Waals surface area contributed by atoms with Crippen LogP contribution in [-0.2, 0) is 16.0 Å². The second-order valence-electron chi connectivity index (χ2n) is 8.49. The molecule has 1 atom stereocenters. The fraction of sp³-hybridized carbons (Fsp3) is 0.682. The van der Waals surface area contributed by atoms with Crippen molar-refractivity contribution in [1.82, 2.24) is 9.80 Å². The van der Waals surface area contributed by atoms with E-state index >= 15 is 0 Å². The number of benzene rings is 1. The van der Waals surface area contributed by atoms with Crippen molar-refractivity contribution < 1.29 is 9.53 Å². The highest BCUT2D eigenvalue weighted by Gasteiger charge is 2.41. The van der Waals surface area contributed by atoms with E-state index in [4.69, 9.17) is 4.74 Å². The van der Waals surface area contributed by atoms with E-state index in [0.29, 0.717) is 11.3 Å². The summed E-state index contributed by atoms with van der Waals surface area (Å²) in [6.07, 6.45) is 7.96. The number of carbonyl (C=O) groups excluding carboxylic acids is 1. The van der Waals surface area contributed by atoms with Crippen LogP contribution in [0.5, 0.6) is 0 Å². The van der Waals surface area contributed by atoms with Crippen LogP contribution in [-0.4, -0.2) is 61.1 Å². The van der Waals surface area contributed by atoms with E-state index in [1.807, 2.05) is 0 Å². The predicted octanol–water partition coefficient (Wildman–Crippen LogP) is 3.11. The second-order valence-corrected chi connectivity index (χ2v) is 8.49. The molecule has 0 unspecified atom stereocenters. The van der Waals surface area contributed by atoms with E-state index < -0.39 is 0 Å². The van der Waals surface area contributed by atoms with Gasteiger partial charge in [-0.1, -0.05) is 30.3 Å². The van der Waals surface area contributed by atoms with Crippen LogP contribution in [0, 0.1) is 5.41 Å². The fourth-order valence-electron chi connectivity index (χ4n) is 4.89. The van der Waals surface area contributed by atoms with Gasteiger partial charge in [-0.05, 0) is 62.6 Å². The molecule has 0 saturated carbocycles. The van der Waals surface area contributed by atoms with Crippen LogP contribution in [0.25, 0.3) is 0 Å². The van der Waals surface area contributed by atoms with Gasteiger partial charge in [-0.2, -0.15) is 0 Å². The average molecular weight is 357 g/mol. The van der Waals surface area contributed by atoms with Crippen molar-refractivity contribution >= 4 is 5.91 Å². The molecule has 3 saturated heterocycles. The van der Waals surface area contributed by atoms with Gasteiger partial charge in [0.2, 0.25) is 5.91 Å². The van der Waals surface area contributed by atoms with Crippen LogP contribution in [0.2, 0.25) is 0 Å². The second kappa shape index (κ2) is 8.10. The molecule has 3 aliphatic heterocycles. The molecule has 4 nitrogen and oxygen atoms in total. The summed E-state index contributed by atoms with van der Waals surface area (Å²) in [5.74, 6) is 0.345.